The fraction of sp³-hybridized carbons (Fsp3) is 0.407. The van der Waals surface area contributed by atoms with Crippen LogP contribution in [0, 0.1) is 11.3 Å². The molecule has 1 aromatic carbocycles. The van der Waals surface area contributed by atoms with Gasteiger partial charge in [0.1, 0.15) is 11.3 Å². The normalized spacial score (nSPS) is 16.9. The molecule has 3 heterocycles. The van der Waals surface area contributed by atoms with Gasteiger partial charge < -0.3 is 19.7 Å². The Morgan fingerprint density at radius 2 is 1.89 bits per heavy atom. The number of nitrogens with one attached hydrogen (secondary N) is 1. The Morgan fingerprint density at radius 1 is 1.17 bits per heavy atom. The summed E-state index contributed by atoms with van der Waals surface area (Å²) in [4.78, 5) is 33.3. The molecule has 0 radical (unpaired) electrons. The number of fused-ring (bicyclic) bond motifs is 3. The number of pyridine rings is 1. The standard InChI is InChI=1S/C27H30N4O4/c1-27(2,3)24-8-16-7-19(17-12-29-26(30-13-17)28-11-15-5-6-15)23(35-4)9-18(16)21-10-22(32)20(25(33)34)14-31(21)24/h7,9-10,12-15,24H,5-6,8,11H2,1-4H3,(H,33,34)(H,28,29,30). The minimum Gasteiger partial charge on any atom is -0.496 e. The van der Waals surface area contributed by atoms with Crippen LogP contribution in [-0.4, -0.2) is 39.3 Å². The fourth-order valence-corrected chi connectivity index (χ4v) is 4.76. The Hall–Kier alpha value is -3.68. The van der Waals surface area contributed by atoms with Gasteiger partial charge in [0.25, 0.3) is 0 Å². The summed E-state index contributed by atoms with van der Waals surface area (Å²) in [5.74, 6) is 0.776. The van der Waals surface area contributed by atoms with Crippen molar-refractivity contribution in [2.24, 2.45) is 11.3 Å². The molecule has 8 nitrogen and oxygen atoms in total. The third-order valence-corrected chi connectivity index (χ3v) is 6.97. The van der Waals surface area contributed by atoms with Gasteiger partial charge in [-0.3, -0.25) is 4.79 Å². The summed E-state index contributed by atoms with van der Waals surface area (Å²) in [6.07, 6.45) is 8.30. The summed E-state index contributed by atoms with van der Waals surface area (Å²) in [6.45, 7) is 7.27. The van der Waals surface area contributed by atoms with E-state index in [2.05, 4.69) is 42.1 Å². The molecule has 0 spiro atoms. The van der Waals surface area contributed by atoms with Crippen LogP contribution in [0.2, 0.25) is 0 Å². The highest BCUT2D eigenvalue weighted by Gasteiger charge is 2.34. The van der Waals surface area contributed by atoms with Crippen LogP contribution >= 0.6 is 0 Å². The van der Waals surface area contributed by atoms with Crippen molar-refractivity contribution in [2.45, 2.75) is 46.1 Å². The highest BCUT2D eigenvalue weighted by Crippen LogP contribution is 2.45. The van der Waals surface area contributed by atoms with Crippen molar-refractivity contribution in [3.05, 3.63) is 58.1 Å². The van der Waals surface area contributed by atoms with E-state index in [1.165, 1.54) is 25.1 Å². The number of aromatic carboxylic acids is 1. The second kappa shape index (κ2) is 8.52. The molecule has 1 fully saturated rings. The number of carboxylic acids is 1. The molecule has 0 saturated heterocycles. The van der Waals surface area contributed by atoms with Crippen LogP contribution < -0.4 is 15.5 Å². The highest BCUT2D eigenvalue weighted by atomic mass is 16.5. The van der Waals surface area contributed by atoms with Crippen molar-refractivity contribution in [3.63, 3.8) is 0 Å². The molecule has 0 bridgehead atoms. The molecular weight excluding hydrogens is 444 g/mol. The van der Waals surface area contributed by atoms with Gasteiger partial charge in [-0.05, 0) is 48.3 Å². The number of carbonyl (C=O) groups is 1. The Kier molecular flexibility index (Phi) is 5.62. The minimum atomic E-state index is -1.22. The van der Waals surface area contributed by atoms with Crippen molar-refractivity contribution in [3.8, 4) is 28.1 Å². The van der Waals surface area contributed by atoms with Crippen molar-refractivity contribution >= 4 is 11.9 Å². The van der Waals surface area contributed by atoms with E-state index in [9.17, 15) is 14.7 Å². The van der Waals surface area contributed by atoms with E-state index < -0.39 is 11.4 Å². The molecule has 35 heavy (non-hydrogen) atoms. The van der Waals surface area contributed by atoms with Crippen molar-refractivity contribution in [2.75, 3.05) is 19.0 Å². The van der Waals surface area contributed by atoms with Crippen molar-refractivity contribution < 1.29 is 14.6 Å². The molecule has 1 saturated carbocycles. The molecule has 1 aliphatic carbocycles. The number of rotatable bonds is 6. The van der Waals surface area contributed by atoms with Crippen LogP contribution in [0.4, 0.5) is 5.95 Å². The molecule has 5 rings (SSSR count). The average Bonchev–Trinajstić information content (AvgIpc) is 3.65. The molecule has 2 N–H and O–H groups in total. The maximum Gasteiger partial charge on any atom is 0.341 e. The van der Waals surface area contributed by atoms with E-state index in [1.54, 1.807) is 19.5 Å². The summed E-state index contributed by atoms with van der Waals surface area (Å²) in [7, 11) is 1.61. The van der Waals surface area contributed by atoms with E-state index in [0.717, 1.165) is 34.7 Å². The largest absolute Gasteiger partial charge is 0.496 e. The fourth-order valence-electron chi connectivity index (χ4n) is 4.76. The highest BCUT2D eigenvalue weighted by molar-refractivity contribution is 5.88. The number of carboxylic acid groups (broad SMARTS) is 1. The number of methoxy groups -OCH3 is 1. The van der Waals surface area contributed by atoms with E-state index in [1.807, 2.05) is 10.6 Å². The molecule has 182 valence electrons. The Labute approximate surface area is 204 Å². The summed E-state index contributed by atoms with van der Waals surface area (Å²) < 4.78 is 7.67. The van der Waals surface area contributed by atoms with Gasteiger partial charge in [-0.25, -0.2) is 14.8 Å². The van der Waals surface area contributed by atoms with Crippen LogP contribution in [0.15, 0.2) is 41.6 Å². The SMILES string of the molecule is COc1cc2c(cc1-c1cnc(NCC3CC3)nc1)CC(C(C)(C)C)n1cc(C(=O)O)c(=O)cc1-2. The molecule has 1 aliphatic heterocycles. The number of nitrogens with zero attached hydrogens (tertiary/aromatic N) is 3. The lowest BCUT2D eigenvalue weighted by molar-refractivity contribution is 0.0693. The lowest BCUT2D eigenvalue weighted by Gasteiger charge is -2.39. The Balaban J connectivity index is 1.60. The van der Waals surface area contributed by atoms with E-state index in [4.69, 9.17) is 4.74 Å². The minimum absolute atomic E-state index is 0.0322. The number of ether oxygens (including phenoxy) is 1. The molecular formula is C27H30N4O4. The zero-order valence-electron chi connectivity index (χ0n) is 20.5. The number of benzene rings is 1. The molecule has 1 atom stereocenters. The zero-order chi connectivity index (χ0) is 24.9. The lowest BCUT2D eigenvalue weighted by Crippen LogP contribution is -2.32. The molecule has 1 unspecified atom stereocenters. The molecule has 0 amide bonds. The van der Waals surface area contributed by atoms with Crippen molar-refractivity contribution in [1.29, 1.82) is 0 Å². The van der Waals surface area contributed by atoms with E-state index in [-0.39, 0.29) is 17.0 Å². The topological polar surface area (TPSA) is 106 Å². The maximum absolute atomic E-state index is 12.6. The quantitative estimate of drug-likeness (QED) is 0.536. The second-order valence-electron chi connectivity index (χ2n) is 10.6. The van der Waals surface area contributed by atoms with Gasteiger partial charge in [-0.1, -0.05) is 20.8 Å². The van der Waals surface area contributed by atoms with E-state index in [0.29, 0.717) is 23.8 Å². The van der Waals surface area contributed by atoms with Crippen LogP contribution in [-0.2, 0) is 6.42 Å². The monoisotopic (exact) mass is 474 g/mol. The van der Waals surface area contributed by atoms with Crippen molar-refractivity contribution in [1.82, 2.24) is 14.5 Å². The predicted octanol–water partition coefficient (Wildman–Crippen LogP) is 4.64. The Morgan fingerprint density at radius 3 is 2.49 bits per heavy atom. The van der Waals surface area contributed by atoms with Gasteiger partial charge in [-0.15, -0.1) is 0 Å². The van der Waals surface area contributed by atoms with Crippen LogP contribution in [0.5, 0.6) is 5.75 Å². The van der Waals surface area contributed by atoms with Crippen LogP contribution in [0.1, 0.15) is 55.6 Å². The summed E-state index contributed by atoms with van der Waals surface area (Å²) in [5, 5.41) is 12.8. The summed E-state index contributed by atoms with van der Waals surface area (Å²) >= 11 is 0. The first-order valence-electron chi connectivity index (χ1n) is 11.9. The first-order chi connectivity index (χ1) is 16.7. The van der Waals surface area contributed by atoms with Gasteiger partial charge in [0.2, 0.25) is 5.95 Å². The Bertz CT molecular complexity index is 1350. The zero-order valence-corrected chi connectivity index (χ0v) is 20.5. The maximum atomic E-state index is 12.6. The van der Waals surface area contributed by atoms with Gasteiger partial charge >= 0.3 is 5.97 Å². The van der Waals surface area contributed by atoms with Crippen LogP contribution in [0.25, 0.3) is 22.4 Å². The predicted molar refractivity (Wildman–Crippen MR) is 134 cm³/mol. The molecule has 2 aromatic heterocycles. The third kappa shape index (κ3) is 4.40. The van der Waals surface area contributed by atoms with Gasteiger partial charge in [0.15, 0.2) is 5.43 Å². The molecule has 8 heteroatoms. The average molecular weight is 475 g/mol. The number of hydrogen-bond donors (Lipinski definition) is 2. The van der Waals surface area contributed by atoms with Gasteiger partial charge in [0, 0.05) is 53.9 Å². The third-order valence-electron chi connectivity index (χ3n) is 6.97. The van der Waals surface area contributed by atoms with Crippen LogP contribution in [0.3, 0.4) is 0 Å². The first-order valence-corrected chi connectivity index (χ1v) is 11.9. The molecule has 2 aliphatic rings. The van der Waals surface area contributed by atoms with E-state index >= 15 is 0 Å². The summed E-state index contributed by atoms with van der Waals surface area (Å²) in [6, 6.07) is 5.41. The smallest absolute Gasteiger partial charge is 0.341 e. The number of hydrogen-bond acceptors (Lipinski definition) is 6. The molecule has 3 aromatic rings. The number of anilines is 1. The second-order valence-corrected chi connectivity index (χ2v) is 10.6. The van der Waals surface area contributed by atoms with Gasteiger partial charge in [-0.2, -0.15) is 0 Å². The number of aromatic nitrogens is 3. The lowest BCUT2D eigenvalue weighted by atomic mass is 9.78. The first kappa shape index (κ1) is 23.1. The van der Waals surface area contributed by atoms with Gasteiger partial charge in [0.05, 0.1) is 12.8 Å². The summed E-state index contributed by atoms with van der Waals surface area (Å²) in [5.41, 5.74) is 3.46.